The van der Waals surface area contributed by atoms with E-state index in [2.05, 4.69) is 28.4 Å². The van der Waals surface area contributed by atoms with Crippen LogP contribution in [-0.2, 0) is 13.0 Å². The van der Waals surface area contributed by atoms with Gasteiger partial charge in [-0.05, 0) is 24.0 Å². The molecule has 2 aliphatic heterocycles. The summed E-state index contributed by atoms with van der Waals surface area (Å²) in [5.41, 5.74) is 4.25. The molecule has 0 radical (unpaired) electrons. The molecule has 2 N–H and O–H groups in total. The van der Waals surface area contributed by atoms with E-state index in [1.54, 1.807) is 0 Å². The molecule has 2 aliphatic rings. The molecule has 3 nitrogen and oxygen atoms in total. The quantitative estimate of drug-likeness (QED) is 0.894. The highest BCUT2D eigenvalue weighted by atomic mass is 35.5. The Morgan fingerprint density at radius 3 is 3.15 bits per heavy atom. The van der Waals surface area contributed by atoms with Crippen molar-refractivity contribution >= 4 is 29.9 Å². The Morgan fingerprint density at radius 2 is 2.30 bits per heavy atom. The van der Waals surface area contributed by atoms with Gasteiger partial charge in [0.15, 0.2) is 0 Å². The van der Waals surface area contributed by atoms with Gasteiger partial charge in [0.1, 0.15) is 0 Å². The molecular formula is C15H23ClN2OS. The van der Waals surface area contributed by atoms with Gasteiger partial charge in [0.05, 0.1) is 0 Å². The van der Waals surface area contributed by atoms with Crippen LogP contribution in [0.5, 0.6) is 0 Å². The zero-order chi connectivity index (χ0) is 13.1. The first kappa shape index (κ1) is 16.0. The number of benzene rings is 1. The third-order valence-corrected chi connectivity index (χ3v) is 5.21. The molecule has 20 heavy (non-hydrogen) atoms. The second-order valence-electron chi connectivity index (χ2n) is 5.34. The van der Waals surface area contributed by atoms with Gasteiger partial charge in [-0.2, -0.15) is 11.8 Å². The summed E-state index contributed by atoms with van der Waals surface area (Å²) >= 11 is 2.01. The van der Waals surface area contributed by atoms with Crippen LogP contribution in [0.4, 0.5) is 5.69 Å². The van der Waals surface area contributed by atoms with Crippen molar-refractivity contribution in [2.24, 2.45) is 0 Å². The molecule has 1 aromatic carbocycles. The molecule has 1 aromatic rings. The third kappa shape index (κ3) is 3.42. The van der Waals surface area contributed by atoms with E-state index in [1.165, 1.54) is 22.6 Å². The van der Waals surface area contributed by atoms with E-state index in [0.717, 1.165) is 38.2 Å². The molecule has 1 unspecified atom stereocenters. The Balaban J connectivity index is 0.00000147. The minimum Gasteiger partial charge on any atom is -0.396 e. The van der Waals surface area contributed by atoms with Gasteiger partial charge in [-0.1, -0.05) is 18.2 Å². The summed E-state index contributed by atoms with van der Waals surface area (Å²) in [6, 6.07) is 7.19. The fourth-order valence-corrected chi connectivity index (χ4v) is 4.25. The highest BCUT2D eigenvalue weighted by molar-refractivity contribution is 7.99. The van der Waals surface area contributed by atoms with Crippen molar-refractivity contribution in [2.45, 2.75) is 25.4 Å². The van der Waals surface area contributed by atoms with E-state index in [4.69, 9.17) is 0 Å². The molecule has 1 saturated heterocycles. The third-order valence-electron chi connectivity index (χ3n) is 4.12. The van der Waals surface area contributed by atoms with E-state index < -0.39 is 0 Å². The normalized spacial score (nSPS) is 21.9. The molecule has 0 spiro atoms. The monoisotopic (exact) mass is 314 g/mol. The van der Waals surface area contributed by atoms with E-state index in [9.17, 15) is 5.11 Å². The first-order valence-corrected chi connectivity index (χ1v) is 8.31. The molecule has 0 aliphatic carbocycles. The number of halogens is 1. The standard InChI is InChI=1S/C15H22N2OS.ClH/c18-8-5-14-11-19-9-7-17(14)10-13-3-1-2-12-4-6-16-15(12)13;/h1-3,14,16,18H,4-11H2;1H. The van der Waals surface area contributed by atoms with Gasteiger partial charge in [0.25, 0.3) is 0 Å². The van der Waals surface area contributed by atoms with Gasteiger partial charge < -0.3 is 10.4 Å². The topological polar surface area (TPSA) is 35.5 Å². The summed E-state index contributed by atoms with van der Waals surface area (Å²) in [6.45, 7) is 3.52. The predicted octanol–water partition coefficient (Wildman–Crippen LogP) is 2.38. The number of hydrogen-bond acceptors (Lipinski definition) is 4. The maximum absolute atomic E-state index is 9.21. The lowest BCUT2D eigenvalue weighted by Gasteiger charge is -2.35. The summed E-state index contributed by atoms with van der Waals surface area (Å²) < 4.78 is 0. The summed E-state index contributed by atoms with van der Waals surface area (Å²) in [7, 11) is 0. The van der Waals surface area contributed by atoms with Crippen LogP contribution in [0.2, 0.25) is 0 Å². The largest absolute Gasteiger partial charge is 0.396 e. The zero-order valence-corrected chi connectivity index (χ0v) is 13.3. The molecule has 1 atom stereocenters. The van der Waals surface area contributed by atoms with E-state index in [0.29, 0.717) is 12.6 Å². The SMILES string of the molecule is Cl.OCCC1CSCCN1Cc1cccc2c1NCC2. The molecule has 0 amide bonds. The highest BCUT2D eigenvalue weighted by Crippen LogP contribution is 2.29. The van der Waals surface area contributed by atoms with Crippen molar-refractivity contribution in [1.29, 1.82) is 0 Å². The fraction of sp³-hybridized carbons (Fsp3) is 0.600. The van der Waals surface area contributed by atoms with Crippen LogP contribution in [0.15, 0.2) is 18.2 Å². The number of nitrogens with zero attached hydrogens (tertiary/aromatic N) is 1. The maximum atomic E-state index is 9.21. The number of fused-ring (bicyclic) bond motifs is 1. The minimum atomic E-state index is 0. The number of rotatable bonds is 4. The molecule has 1 fully saturated rings. The van der Waals surface area contributed by atoms with Crippen LogP contribution in [0, 0.1) is 0 Å². The lowest BCUT2D eigenvalue weighted by molar-refractivity contribution is 0.167. The summed E-state index contributed by atoms with van der Waals surface area (Å²) in [5, 5.41) is 12.7. The average Bonchev–Trinajstić information content (AvgIpc) is 2.91. The lowest BCUT2D eigenvalue weighted by atomic mass is 10.1. The maximum Gasteiger partial charge on any atom is 0.0446 e. The van der Waals surface area contributed by atoms with Gasteiger partial charge in [-0.3, -0.25) is 4.90 Å². The van der Waals surface area contributed by atoms with E-state index >= 15 is 0 Å². The van der Waals surface area contributed by atoms with Gasteiger partial charge in [0, 0.05) is 49.5 Å². The molecule has 5 heteroatoms. The van der Waals surface area contributed by atoms with Gasteiger partial charge in [0.2, 0.25) is 0 Å². The van der Waals surface area contributed by atoms with Crippen LogP contribution in [0.25, 0.3) is 0 Å². The minimum absolute atomic E-state index is 0. The summed E-state index contributed by atoms with van der Waals surface area (Å²) in [5.74, 6) is 2.37. The molecule has 0 aromatic heterocycles. The van der Waals surface area contributed by atoms with Crippen molar-refractivity contribution in [2.75, 3.05) is 36.5 Å². The zero-order valence-electron chi connectivity index (χ0n) is 11.7. The van der Waals surface area contributed by atoms with Crippen LogP contribution in [0.1, 0.15) is 17.5 Å². The second kappa shape index (κ2) is 7.55. The number of nitrogens with one attached hydrogen (secondary N) is 1. The Labute approximate surface area is 131 Å². The second-order valence-corrected chi connectivity index (χ2v) is 6.49. The first-order valence-electron chi connectivity index (χ1n) is 7.16. The number of thioether (sulfide) groups is 1. The van der Waals surface area contributed by atoms with Crippen molar-refractivity contribution in [3.63, 3.8) is 0 Å². The fourth-order valence-electron chi connectivity index (χ4n) is 3.07. The smallest absolute Gasteiger partial charge is 0.0446 e. The average molecular weight is 315 g/mol. The van der Waals surface area contributed by atoms with Crippen molar-refractivity contribution < 1.29 is 5.11 Å². The number of aliphatic hydroxyl groups excluding tert-OH is 1. The molecule has 112 valence electrons. The highest BCUT2D eigenvalue weighted by Gasteiger charge is 2.24. The Kier molecular flexibility index (Phi) is 6.02. The Hall–Kier alpha value is -0.420. The summed E-state index contributed by atoms with van der Waals surface area (Å²) in [6.07, 6.45) is 2.05. The van der Waals surface area contributed by atoms with Gasteiger partial charge >= 0.3 is 0 Å². The van der Waals surface area contributed by atoms with Crippen LogP contribution in [-0.4, -0.2) is 47.3 Å². The number of hydrogen-bond donors (Lipinski definition) is 2. The van der Waals surface area contributed by atoms with Crippen molar-refractivity contribution in [3.8, 4) is 0 Å². The molecular weight excluding hydrogens is 292 g/mol. The van der Waals surface area contributed by atoms with E-state index in [1.807, 2.05) is 11.8 Å². The number of anilines is 1. The molecule has 0 bridgehead atoms. The number of para-hydroxylation sites is 1. The van der Waals surface area contributed by atoms with Crippen molar-refractivity contribution in [1.82, 2.24) is 4.90 Å². The lowest BCUT2D eigenvalue weighted by Crippen LogP contribution is -2.42. The molecule has 3 rings (SSSR count). The predicted molar refractivity (Wildman–Crippen MR) is 89.1 cm³/mol. The molecule has 0 saturated carbocycles. The van der Waals surface area contributed by atoms with Gasteiger partial charge in [-0.15, -0.1) is 12.4 Å². The van der Waals surface area contributed by atoms with Crippen molar-refractivity contribution in [3.05, 3.63) is 29.3 Å². The van der Waals surface area contributed by atoms with E-state index in [-0.39, 0.29) is 12.4 Å². The van der Waals surface area contributed by atoms with Crippen LogP contribution in [0.3, 0.4) is 0 Å². The summed E-state index contributed by atoms with van der Waals surface area (Å²) in [4.78, 5) is 2.54. The Bertz CT molecular complexity index is 442. The first-order chi connectivity index (χ1) is 9.38. The van der Waals surface area contributed by atoms with Crippen LogP contribution < -0.4 is 5.32 Å². The van der Waals surface area contributed by atoms with Crippen LogP contribution >= 0.6 is 24.2 Å². The molecule has 2 heterocycles. The Morgan fingerprint density at radius 1 is 1.40 bits per heavy atom. The number of aliphatic hydroxyl groups is 1. The van der Waals surface area contributed by atoms with Gasteiger partial charge in [-0.25, -0.2) is 0 Å².